The van der Waals surface area contributed by atoms with Crippen LogP contribution in [0.5, 0.6) is 0 Å². The van der Waals surface area contributed by atoms with Crippen LogP contribution < -0.4 is 0 Å². The summed E-state index contributed by atoms with van der Waals surface area (Å²) in [5, 5.41) is 1.71. The number of rotatable bonds is 2. The molecule has 1 fully saturated rings. The van der Waals surface area contributed by atoms with Gasteiger partial charge in [0.25, 0.3) is 10.0 Å². The molecule has 1 aliphatic heterocycles. The van der Waals surface area contributed by atoms with E-state index in [-0.39, 0.29) is 16.7 Å². The van der Waals surface area contributed by atoms with Crippen molar-refractivity contribution < 1.29 is 13.2 Å². The molecule has 0 N–H and O–H groups in total. The minimum atomic E-state index is -3.57. The molecule has 2 rings (SSSR count). The van der Waals surface area contributed by atoms with Gasteiger partial charge in [0.1, 0.15) is 4.21 Å². The lowest BCUT2D eigenvalue weighted by molar-refractivity contribution is -0.129. The molecule has 1 saturated heterocycles. The normalized spacial score (nSPS) is 19.0. The Balaban J connectivity index is 2.31. The van der Waals surface area contributed by atoms with Crippen LogP contribution in [0, 0.1) is 0 Å². The monoisotopic (exact) mass is 352 g/mol. The summed E-state index contributed by atoms with van der Waals surface area (Å²) >= 11 is 4.38. The summed E-state index contributed by atoms with van der Waals surface area (Å²) in [5.74, 6) is -0.163. The van der Waals surface area contributed by atoms with Gasteiger partial charge in [0.05, 0.1) is 6.54 Å². The number of likely N-dealkylation sites (N-methyl/N-ethyl adjacent to an activating group) is 1. The number of thiophene rings is 1. The van der Waals surface area contributed by atoms with E-state index in [4.69, 9.17) is 0 Å². The topological polar surface area (TPSA) is 57.7 Å². The first kappa shape index (κ1) is 14.0. The molecule has 5 nitrogen and oxygen atoms in total. The Labute approximate surface area is 119 Å². The number of nitrogens with zero attached hydrogens (tertiary/aromatic N) is 2. The van der Waals surface area contributed by atoms with Crippen molar-refractivity contribution in [1.29, 1.82) is 0 Å². The van der Waals surface area contributed by atoms with Crippen LogP contribution >= 0.6 is 27.3 Å². The van der Waals surface area contributed by atoms with E-state index in [1.807, 2.05) is 0 Å². The summed E-state index contributed by atoms with van der Waals surface area (Å²) in [6, 6.07) is 1.70. The molecule has 0 saturated carbocycles. The van der Waals surface area contributed by atoms with Crippen LogP contribution in [-0.2, 0) is 14.8 Å². The van der Waals surface area contributed by atoms with Crippen molar-refractivity contribution in [2.45, 2.75) is 10.6 Å². The lowest BCUT2D eigenvalue weighted by Gasteiger charge is -2.18. The largest absolute Gasteiger partial charge is 0.345 e. The van der Waals surface area contributed by atoms with E-state index in [0.717, 1.165) is 11.3 Å². The number of amides is 1. The maximum Gasteiger partial charge on any atom is 0.254 e. The molecule has 1 aliphatic rings. The molecular formula is C10H13BrN2O3S2. The third-order valence-corrected chi connectivity index (χ3v) is 7.29. The molecule has 0 atom stereocenters. The second-order valence-corrected chi connectivity index (χ2v) is 7.97. The van der Waals surface area contributed by atoms with E-state index in [9.17, 15) is 13.2 Å². The number of hydrogen-bond acceptors (Lipinski definition) is 4. The SMILES string of the molecule is CN1CCCN(S(=O)(=O)c2sccc2Br)CC1=O. The zero-order valence-corrected chi connectivity index (χ0v) is 13.0. The first-order valence-electron chi connectivity index (χ1n) is 5.40. The first-order chi connectivity index (χ1) is 8.43. The van der Waals surface area contributed by atoms with Crippen molar-refractivity contribution in [3.63, 3.8) is 0 Å². The van der Waals surface area contributed by atoms with E-state index in [1.54, 1.807) is 23.4 Å². The van der Waals surface area contributed by atoms with E-state index in [1.165, 1.54) is 4.31 Å². The van der Waals surface area contributed by atoms with Crippen LogP contribution in [0.25, 0.3) is 0 Å². The maximum atomic E-state index is 12.4. The Kier molecular flexibility index (Phi) is 4.10. The molecule has 1 aromatic heterocycles. The summed E-state index contributed by atoms with van der Waals surface area (Å²) in [6.45, 7) is 0.891. The maximum absolute atomic E-state index is 12.4. The van der Waals surface area contributed by atoms with Gasteiger partial charge in [-0.25, -0.2) is 8.42 Å². The second kappa shape index (κ2) is 5.28. The lowest BCUT2D eigenvalue weighted by Crippen LogP contribution is -2.37. The lowest BCUT2D eigenvalue weighted by atomic mass is 10.4. The average Bonchev–Trinajstić information content (AvgIpc) is 2.66. The van der Waals surface area contributed by atoms with Crippen molar-refractivity contribution in [2.75, 3.05) is 26.7 Å². The summed E-state index contributed by atoms with van der Waals surface area (Å²) in [4.78, 5) is 13.3. The molecule has 18 heavy (non-hydrogen) atoms. The van der Waals surface area contributed by atoms with Crippen LogP contribution in [0.2, 0.25) is 0 Å². The minimum absolute atomic E-state index is 0.0802. The number of hydrogen-bond donors (Lipinski definition) is 0. The molecule has 2 heterocycles. The van der Waals surface area contributed by atoms with Crippen LogP contribution in [0.1, 0.15) is 6.42 Å². The average molecular weight is 353 g/mol. The van der Waals surface area contributed by atoms with Crippen LogP contribution in [0.4, 0.5) is 0 Å². The summed E-state index contributed by atoms with van der Waals surface area (Å²) in [5.41, 5.74) is 0. The zero-order valence-electron chi connectivity index (χ0n) is 9.80. The Hall–Kier alpha value is -0.440. The van der Waals surface area contributed by atoms with Crippen LogP contribution in [0.3, 0.4) is 0 Å². The molecule has 1 aromatic rings. The Morgan fingerprint density at radius 1 is 1.39 bits per heavy atom. The van der Waals surface area contributed by atoms with Crippen LogP contribution in [-0.4, -0.2) is 50.2 Å². The van der Waals surface area contributed by atoms with E-state index >= 15 is 0 Å². The van der Waals surface area contributed by atoms with Crippen molar-refractivity contribution >= 4 is 43.2 Å². The quantitative estimate of drug-likeness (QED) is 0.807. The van der Waals surface area contributed by atoms with Crippen molar-refractivity contribution in [3.05, 3.63) is 15.9 Å². The highest BCUT2D eigenvalue weighted by Crippen LogP contribution is 2.30. The molecule has 0 aromatic carbocycles. The third-order valence-electron chi connectivity index (χ3n) is 2.80. The summed E-state index contributed by atoms with van der Waals surface area (Å²) in [7, 11) is -1.88. The van der Waals surface area contributed by atoms with Crippen molar-refractivity contribution in [1.82, 2.24) is 9.21 Å². The third kappa shape index (κ3) is 2.61. The van der Waals surface area contributed by atoms with Gasteiger partial charge in [0.2, 0.25) is 5.91 Å². The standard InChI is InChI=1S/C10H13BrN2O3S2/c1-12-4-2-5-13(7-9(12)14)18(15,16)10-8(11)3-6-17-10/h3,6H,2,4-5,7H2,1H3. The predicted molar refractivity (Wildman–Crippen MR) is 73.0 cm³/mol. The Morgan fingerprint density at radius 2 is 2.11 bits per heavy atom. The second-order valence-electron chi connectivity index (χ2n) is 4.06. The highest BCUT2D eigenvalue weighted by atomic mass is 79.9. The van der Waals surface area contributed by atoms with E-state index < -0.39 is 10.0 Å². The van der Waals surface area contributed by atoms with Gasteiger partial charge in [-0.2, -0.15) is 4.31 Å². The predicted octanol–water partition coefficient (Wildman–Crippen LogP) is 1.36. The summed E-state index contributed by atoms with van der Waals surface area (Å²) in [6.07, 6.45) is 0.657. The molecule has 100 valence electrons. The van der Waals surface area contributed by atoms with Gasteiger partial charge in [0.15, 0.2) is 0 Å². The van der Waals surface area contributed by atoms with Gasteiger partial charge in [-0.05, 0) is 33.8 Å². The van der Waals surface area contributed by atoms with Gasteiger partial charge in [-0.1, -0.05) is 0 Å². The number of halogens is 1. The van der Waals surface area contributed by atoms with Crippen molar-refractivity contribution in [3.8, 4) is 0 Å². The fraction of sp³-hybridized carbons (Fsp3) is 0.500. The van der Waals surface area contributed by atoms with Gasteiger partial charge in [-0.15, -0.1) is 11.3 Å². The van der Waals surface area contributed by atoms with Gasteiger partial charge < -0.3 is 4.90 Å². The fourth-order valence-electron chi connectivity index (χ4n) is 1.75. The van der Waals surface area contributed by atoms with Gasteiger partial charge in [0, 0.05) is 24.6 Å². The fourth-order valence-corrected chi connectivity index (χ4v) is 5.62. The van der Waals surface area contributed by atoms with Gasteiger partial charge >= 0.3 is 0 Å². The van der Waals surface area contributed by atoms with Crippen molar-refractivity contribution in [2.24, 2.45) is 0 Å². The highest BCUT2D eigenvalue weighted by Gasteiger charge is 2.31. The van der Waals surface area contributed by atoms with E-state index in [0.29, 0.717) is 24.0 Å². The highest BCUT2D eigenvalue weighted by molar-refractivity contribution is 9.10. The molecule has 0 radical (unpaired) electrons. The Bertz CT molecular complexity index is 555. The van der Waals surface area contributed by atoms with E-state index in [2.05, 4.69) is 15.9 Å². The smallest absolute Gasteiger partial charge is 0.254 e. The van der Waals surface area contributed by atoms with Gasteiger partial charge in [-0.3, -0.25) is 4.79 Å². The molecule has 0 unspecified atom stereocenters. The Morgan fingerprint density at radius 3 is 2.72 bits per heavy atom. The molecule has 1 amide bonds. The summed E-state index contributed by atoms with van der Waals surface area (Å²) < 4.78 is 26.9. The molecular weight excluding hydrogens is 340 g/mol. The number of carbonyl (C=O) groups excluding carboxylic acids is 1. The van der Waals surface area contributed by atoms with Crippen LogP contribution in [0.15, 0.2) is 20.1 Å². The number of carbonyl (C=O) groups is 1. The molecule has 0 aliphatic carbocycles. The first-order valence-corrected chi connectivity index (χ1v) is 8.51. The molecule has 0 bridgehead atoms. The number of sulfonamides is 1. The molecule has 0 spiro atoms. The minimum Gasteiger partial charge on any atom is -0.345 e. The zero-order chi connectivity index (χ0) is 13.3. The molecule has 8 heteroatoms.